The Labute approximate surface area is 123 Å². The van der Waals surface area contributed by atoms with Crippen LogP contribution in [0.25, 0.3) is 0 Å². The molecule has 4 nitrogen and oxygen atoms in total. The van der Waals surface area contributed by atoms with Crippen LogP contribution in [0.3, 0.4) is 0 Å². The summed E-state index contributed by atoms with van der Waals surface area (Å²) >= 11 is 0. The molecule has 0 amide bonds. The van der Waals surface area contributed by atoms with Crippen LogP contribution < -0.4 is 10.6 Å². The molecule has 0 bridgehead atoms. The highest BCUT2D eigenvalue weighted by atomic mass is 16.5. The van der Waals surface area contributed by atoms with Crippen molar-refractivity contribution < 1.29 is 4.74 Å². The topological polar surface area (TPSA) is 45.7 Å². The molecular weight excluding hydrogens is 250 g/mol. The van der Waals surface area contributed by atoms with Gasteiger partial charge in [-0.15, -0.1) is 0 Å². The minimum atomic E-state index is 0.529. The van der Waals surface area contributed by atoms with Gasteiger partial charge >= 0.3 is 0 Å². The van der Waals surface area contributed by atoms with Crippen LogP contribution in [0.1, 0.15) is 45.4 Å². The molecule has 0 aromatic carbocycles. The highest BCUT2D eigenvalue weighted by molar-refractivity contribution is 5.79. The first kappa shape index (κ1) is 15.4. The summed E-state index contributed by atoms with van der Waals surface area (Å²) in [7, 11) is 1.85. The third kappa shape index (κ3) is 4.23. The van der Waals surface area contributed by atoms with Crippen LogP contribution in [0, 0.1) is 5.41 Å². The highest BCUT2D eigenvalue weighted by Crippen LogP contribution is 2.42. The molecule has 1 heterocycles. The Hall–Kier alpha value is -1.03. The van der Waals surface area contributed by atoms with Crippen LogP contribution in [0.15, 0.2) is 16.6 Å². The van der Waals surface area contributed by atoms with Gasteiger partial charge < -0.3 is 15.4 Å². The van der Waals surface area contributed by atoms with Crippen LogP contribution >= 0.6 is 0 Å². The van der Waals surface area contributed by atoms with E-state index in [4.69, 9.17) is 4.74 Å². The summed E-state index contributed by atoms with van der Waals surface area (Å²) in [5, 5.41) is 6.91. The van der Waals surface area contributed by atoms with Gasteiger partial charge in [0.05, 0.1) is 13.2 Å². The summed E-state index contributed by atoms with van der Waals surface area (Å²) in [5.74, 6) is 0.942. The zero-order valence-corrected chi connectivity index (χ0v) is 13.0. The first-order valence-electron chi connectivity index (χ1n) is 7.98. The number of hydrogen-bond acceptors (Lipinski definition) is 2. The molecule has 0 radical (unpaired) electrons. The molecule has 0 unspecified atom stereocenters. The maximum Gasteiger partial charge on any atom is 0.191 e. The van der Waals surface area contributed by atoms with Crippen molar-refractivity contribution in [3.8, 4) is 0 Å². The van der Waals surface area contributed by atoms with Gasteiger partial charge in [-0.25, -0.2) is 0 Å². The third-order valence-corrected chi connectivity index (χ3v) is 4.81. The second-order valence-electron chi connectivity index (χ2n) is 6.00. The van der Waals surface area contributed by atoms with Crippen LogP contribution in [-0.2, 0) is 4.74 Å². The van der Waals surface area contributed by atoms with E-state index in [-0.39, 0.29) is 0 Å². The molecule has 1 fully saturated rings. The van der Waals surface area contributed by atoms with Gasteiger partial charge in [-0.1, -0.05) is 25.0 Å². The summed E-state index contributed by atoms with van der Waals surface area (Å²) in [6, 6.07) is 0. The van der Waals surface area contributed by atoms with E-state index < -0.39 is 0 Å². The predicted molar refractivity (Wildman–Crippen MR) is 84.1 cm³/mol. The summed E-state index contributed by atoms with van der Waals surface area (Å²) in [5.41, 5.74) is 2.03. The maximum atomic E-state index is 5.32. The Kier molecular flexibility index (Phi) is 5.89. The van der Waals surface area contributed by atoms with Crippen LogP contribution in [-0.4, -0.2) is 39.3 Å². The van der Waals surface area contributed by atoms with Gasteiger partial charge in [-0.2, -0.15) is 0 Å². The molecule has 2 rings (SSSR count). The van der Waals surface area contributed by atoms with E-state index in [2.05, 4.69) is 28.6 Å². The van der Waals surface area contributed by atoms with Crippen molar-refractivity contribution in [2.45, 2.75) is 45.4 Å². The summed E-state index contributed by atoms with van der Waals surface area (Å²) in [6.07, 6.45) is 9.75. The number of nitrogens with one attached hydrogen (secondary N) is 2. The lowest BCUT2D eigenvalue weighted by Gasteiger charge is -2.41. The average Bonchev–Trinajstić information content (AvgIpc) is 2.45. The quantitative estimate of drug-likeness (QED) is 0.446. The summed E-state index contributed by atoms with van der Waals surface area (Å²) < 4.78 is 5.32. The fraction of sp³-hybridized carbons (Fsp3) is 0.812. The molecule has 4 heteroatoms. The first-order chi connectivity index (χ1) is 9.78. The Morgan fingerprint density at radius 3 is 2.80 bits per heavy atom. The number of ether oxygens (including phenoxy) is 1. The van der Waals surface area contributed by atoms with E-state index in [1.807, 2.05) is 7.05 Å². The van der Waals surface area contributed by atoms with Crippen molar-refractivity contribution in [3.63, 3.8) is 0 Å². The SMILES string of the molecule is CCC1(CNC(=NC)NCCC2=CCOCC2)CCC1. The van der Waals surface area contributed by atoms with Crippen molar-refractivity contribution in [1.29, 1.82) is 0 Å². The van der Waals surface area contributed by atoms with Gasteiger partial charge in [0.1, 0.15) is 0 Å². The molecule has 2 N–H and O–H groups in total. The second kappa shape index (κ2) is 7.67. The Morgan fingerprint density at radius 1 is 1.40 bits per heavy atom. The molecule has 1 saturated carbocycles. The smallest absolute Gasteiger partial charge is 0.191 e. The zero-order chi connectivity index (χ0) is 14.3. The van der Waals surface area contributed by atoms with E-state index >= 15 is 0 Å². The van der Waals surface area contributed by atoms with Crippen LogP contribution in [0.2, 0.25) is 0 Å². The van der Waals surface area contributed by atoms with Gasteiger partial charge in [0, 0.05) is 20.1 Å². The molecule has 0 aromatic heterocycles. The number of rotatable bonds is 6. The number of aliphatic imine (C=N–C) groups is 1. The van der Waals surface area contributed by atoms with Gasteiger partial charge in [-0.05, 0) is 37.5 Å². The lowest BCUT2D eigenvalue weighted by Crippen LogP contribution is -2.46. The van der Waals surface area contributed by atoms with Crippen LogP contribution in [0.5, 0.6) is 0 Å². The molecule has 114 valence electrons. The monoisotopic (exact) mass is 279 g/mol. The Morgan fingerprint density at radius 2 is 2.25 bits per heavy atom. The normalized spacial score (nSPS) is 21.9. The Balaban J connectivity index is 1.66. The van der Waals surface area contributed by atoms with Gasteiger partial charge in [-0.3, -0.25) is 4.99 Å². The molecule has 0 spiro atoms. The van der Waals surface area contributed by atoms with E-state index in [0.717, 1.165) is 45.1 Å². The van der Waals surface area contributed by atoms with Crippen molar-refractivity contribution in [2.75, 3.05) is 33.4 Å². The molecule has 0 atom stereocenters. The maximum absolute atomic E-state index is 5.32. The minimum absolute atomic E-state index is 0.529. The summed E-state index contributed by atoms with van der Waals surface area (Å²) in [6.45, 7) is 5.96. The van der Waals surface area contributed by atoms with Crippen molar-refractivity contribution in [2.24, 2.45) is 10.4 Å². The standard InChI is InChI=1S/C16H29N3O/c1-3-16(8-4-9-16)13-19-15(17-2)18-10-5-14-6-11-20-12-7-14/h6H,3-5,7-13H2,1-2H3,(H2,17,18,19). The van der Waals surface area contributed by atoms with E-state index in [1.54, 1.807) is 0 Å². The van der Waals surface area contributed by atoms with E-state index in [9.17, 15) is 0 Å². The second-order valence-corrected chi connectivity index (χ2v) is 6.00. The molecule has 2 aliphatic rings. The highest BCUT2D eigenvalue weighted by Gasteiger charge is 2.34. The molecule has 20 heavy (non-hydrogen) atoms. The molecule has 0 aromatic rings. The zero-order valence-electron chi connectivity index (χ0n) is 13.0. The largest absolute Gasteiger partial charge is 0.377 e. The van der Waals surface area contributed by atoms with E-state index in [0.29, 0.717) is 5.41 Å². The number of guanidine groups is 1. The number of hydrogen-bond donors (Lipinski definition) is 2. The molecule has 1 aliphatic carbocycles. The first-order valence-corrected chi connectivity index (χ1v) is 7.98. The van der Waals surface area contributed by atoms with Gasteiger partial charge in [0.25, 0.3) is 0 Å². The number of nitrogens with zero attached hydrogens (tertiary/aromatic N) is 1. The average molecular weight is 279 g/mol. The lowest BCUT2D eigenvalue weighted by atomic mass is 9.67. The van der Waals surface area contributed by atoms with Gasteiger partial charge in [0.15, 0.2) is 5.96 Å². The molecule has 0 saturated heterocycles. The van der Waals surface area contributed by atoms with E-state index in [1.165, 1.54) is 31.3 Å². The van der Waals surface area contributed by atoms with Crippen molar-refractivity contribution >= 4 is 5.96 Å². The minimum Gasteiger partial charge on any atom is -0.377 e. The fourth-order valence-electron chi connectivity index (χ4n) is 2.96. The third-order valence-electron chi connectivity index (χ3n) is 4.81. The predicted octanol–water partition coefficient (Wildman–Crippen LogP) is 2.47. The molecular formula is C16H29N3O. The van der Waals surface area contributed by atoms with Crippen molar-refractivity contribution in [1.82, 2.24) is 10.6 Å². The lowest BCUT2D eigenvalue weighted by molar-refractivity contribution is 0.131. The summed E-state index contributed by atoms with van der Waals surface area (Å²) in [4.78, 5) is 4.32. The Bertz CT molecular complexity index is 353. The van der Waals surface area contributed by atoms with Gasteiger partial charge in [0.2, 0.25) is 0 Å². The van der Waals surface area contributed by atoms with Crippen LogP contribution in [0.4, 0.5) is 0 Å². The van der Waals surface area contributed by atoms with Crippen molar-refractivity contribution in [3.05, 3.63) is 11.6 Å². The fourth-order valence-corrected chi connectivity index (χ4v) is 2.96. The molecule has 1 aliphatic heterocycles.